The molecule has 188 valence electrons. The van der Waals surface area contributed by atoms with Crippen molar-refractivity contribution in [3.05, 3.63) is 58.8 Å². The predicted molar refractivity (Wildman–Crippen MR) is 133 cm³/mol. The maximum atomic E-state index is 12.9. The Morgan fingerprint density at radius 3 is 2.77 bits per heavy atom. The van der Waals surface area contributed by atoms with Crippen molar-refractivity contribution in [2.24, 2.45) is 0 Å². The molecule has 1 aromatic heterocycles. The van der Waals surface area contributed by atoms with Crippen LogP contribution in [0.5, 0.6) is 0 Å². The van der Waals surface area contributed by atoms with Crippen LogP contribution >= 0.6 is 11.6 Å². The number of hydrogen-bond donors (Lipinski definition) is 2. The summed E-state index contributed by atoms with van der Waals surface area (Å²) in [5, 5.41) is 3.61. The lowest BCUT2D eigenvalue weighted by Crippen LogP contribution is -2.32. The van der Waals surface area contributed by atoms with E-state index >= 15 is 0 Å². The third-order valence-electron chi connectivity index (χ3n) is 5.87. The molecule has 2 saturated heterocycles. The summed E-state index contributed by atoms with van der Waals surface area (Å²) in [6.07, 6.45) is 7.45. The fourth-order valence-corrected chi connectivity index (χ4v) is 5.63. The standard InChI is InChI=1S/C24H29ClN4O5S/c1-17-5-8-20(9-6-17)35(31,32)29-12-11-19(16-29)27-24-21(25)14-18(15-26-24)7-10-22(30)28-34-23-4-2-3-13-33-23/h5-10,14-15,19,23H,2-4,11-13,16H2,1H3,(H,26,27)(H,28,30)/b10-7+/t19-,23?/m1/s1. The number of sulfonamides is 1. The smallest absolute Gasteiger partial charge is 0.267 e. The zero-order valence-corrected chi connectivity index (χ0v) is 21.0. The van der Waals surface area contributed by atoms with Crippen LogP contribution in [0.25, 0.3) is 6.08 Å². The lowest BCUT2D eigenvalue weighted by molar-refractivity contribution is -0.198. The van der Waals surface area contributed by atoms with E-state index in [1.165, 1.54) is 10.4 Å². The van der Waals surface area contributed by atoms with Crippen molar-refractivity contribution in [1.29, 1.82) is 0 Å². The summed E-state index contributed by atoms with van der Waals surface area (Å²) < 4.78 is 32.7. The quantitative estimate of drug-likeness (QED) is 0.405. The average molecular weight is 521 g/mol. The summed E-state index contributed by atoms with van der Waals surface area (Å²) >= 11 is 6.39. The zero-order chi connectivity index (χ0) is 24.8. The summed E-state index contributed by atoms with van der Waals surface area (Å²) in [4.78, 5) is 21.9. The lowest BCUT2D eigenvalue weighted by Gasteiger charge is -2.21. The first-order chi connectivity index (χ1) is 16.8. The van der Waals surface area contributed by atoms with E-state index in [1.807, 2.05) is 6.92 Å². The Bertz CT molecular complexity index is 1170. The number of anilines is 1. The maximum absolute atomic E-state index is 12.9. The van der Waals surface area contributed by atoms with Crippen LogP contribution in [0.1, 0.15) is 36.8 Å². The molecule has 1 unspecified atom stereocenters. The molecule has 0 spiro atoms. The van der Waals surface area contributed by atoms with Gasteiger partial charge in [0.15, 0.2) is 6.29 Å². The van der Waals surface area contributed by atoms with E-state index in [0.29, 0.717) is 42.5 Å². The Hall–Kier alpha value is -2.50. The van der Waals surface area contributed by atoms with Crippen molar-refractivity contribution in [2.75, 3.05) is 25.0 Å². The first-order valence-electron chi connectivity index (χ1n) is 11.6. The van der Waals surface area contributed by atoms with Gasteiger partial charge in [0.05, 0.1) is 9.92 Å². The summed E-state index contributed by atoms with van der Waals surface area (Å²) in [7, 11) is -3.55. The van der Waals surface area contributed by atoms with E-state index in [9.17, 15) is 13.2 Å². The normalized spacial score (nSPS) is 21.3. The third kappa shape index (κ3) is 6.80. The molecule has 1 amide bonds. The molecule has 2 aromatic rings. The number of benzene rings is 1. The summed E-state index contributed by atoms with van der Waals surface area (Å²) in [5.41, 5.74) is 4.00. The van der Waals surface area contributed by atoms with Crippen LogP contribution in [0.2, 0.25) is 5.02 Å². The highest BCUT2D eigenvalue weighted by molar-refractivity contribution is 7.89. The zero-order valence-electron chi connectivity index (χ0n) is 19.4. The van der Waals surface area contributed by atoms with Gasteiger partial charge in [0.1, 0.15) is 5.82 Å². The van der Waals surface area contributed by atoms with Crippen LogP contribution in [0.4, 0.5) is 5.82 Å². The molecule has 9 nitrogen and oxygen atoms in total. The highest BCUT2D eigenvalue weighted by Gasteiger charge is 2.32. The van der Waals surface area contributed by atoms with Gasteiger partial charge < -0.3 is 10.1 Å². The van der Waals surface area contributed by atoms with Gasteiger partial charge in [-0.1, -0.05) is 29.3 Å². The number of halogens is 1. The van der Waals surface area contributed by atoms with Crippen LogP contribution in [0.15, 0.2) is 47.5 Å². The molecule has 0 aliphatic carbocycles. The van der Waals surface area contributed by atoms with Crippen molar-refractivity contribution < 1.29 is 22.8 Å². The van der Waals surface area contributed by atoms with E-state index in [2.05, 4.69) is 15.8 Å². The molecule has 2 aliphatic heterocycles. The Labute approximate surface area is 210 Å². The summed E-state index contributed by atoms with van der Waals surface area (Å²) in [6, 6.07) is 8.41. The van der Waals surface area contributed by atoms with Crippen molar-refractivity contribution in [3.63, 3.8) is 0 Å². The lowest BCUT2D eigenvalue weighted by atomic mass is 10.2. The van der Waals surface area contributed by atoms with Crippen LogP contribution in [-0.4, -0.2) is 55.6 Å². The van der Waals surface area contributed by atoms with Crippen molar-refractivity contribution in [2.45, 2.75) is 49.8 Å². The van der Waals surface area contributed by atoms with Crippen LogP contribution < -0.4 is 10.8 Å². The van der Waals surface area contributed by atoms with Crippen molar-refractivity contribution in [3.8, 4) is 0 Å². The topological polar surface area (TPSA) is 110 Å². The van der Waals surface area contributed by atoms with Gasteiger partial charge in [-0.15, -0.1) is 0 Å². The van der Waals surface area contributed by atoms with Crippen molar-refractivity contribution in [1.82, 2.24) is 14.8 Å². The van der Waals surface area contributed by atoms with E-state index in [1.54, 1.807) is 42.6 Å². The molecular formula is C24H29ClN4O5S. The number of pyridine rings is 1. The second-order valence-electron chi connectivity index (χ2n) is 8.62. The summed E-state index contributed by atoms with van der Waals surface area (Å²) in [6.45, 7) is 3.28. The van der Waals surface area contributed by atoms with E-state index in [0.717, 1.165) is 24.8 Å². The minimum absolute atomic E-state index is 0.119. The fraction of sp³-hybridized carbons (Fsp3) is 0.417. The average Bonchev–Trinajstić information content (AvgIpc) is 3.33. The number of carbonyl (C=O) groups is 1. The van der Waals surface area contributed by atoms with Gasteiger partial charge in [-0.05, 0) is 56.0 Å². The van der Waals surface area contributed by atoms with Gasteiger partial charge in [0, 0.05) is 44.4 Å². The Kier molecular flexibility index (Phi) is 8.40. The Morgan fingerprint density at radius 1 is 1.26 bits per heavy atom. The van der Waals surface area contributed by atoms with Crippen LogP contribution in [0.3, 0.4) is 0 Å². The molecule has 2 N–H and O–H groups in total. The molecule has 2 aliphatic rings. The number of hydrogen-bond acceptors (Lipinski definition) is 7. The number of aryl methyl sites for hydroxylation is 1. The molecule has 2 atom stereocenters. The highest BCUT2D eigenvalue weighted by atomic mass is 35.5. The number of rotatable bonds is 8. The Morgan fingerprint density at radius 2 is 2.06 bits per heavy atom. The minimum atomic E-state index is -3.55. The first kappa shape index (κ1) is 25.6. The monoisotopic (exact) mass is 520 g/mol. The van der Waals surface area contributed by atoms with Gasteiger partial charge in [0.25, 0.3) is 5.91 Å². The van der Waals surface area contributed by atoms with E-state index < -0.39 is 22.2 Å². The minimum Gasteiger partial charge on any atom is -0.365 e. The SMILES string of the molecule is Cc1ccc(S(=O)(=O)N2CC[C@@H](Nc3ncc(/C=C/C(=O)NOC4CCCCO4)cc3Cl)C2)cc1. The third-order valence-corrected chi connectivity index (χ3v) is 8.04. The maximum Gasteiger partial charge on any atom is 0.267 e. The molecule has 4 rings (SSSR count). The predicted octanol–water partition coefficient (Wildman–Crippen LogP) is 3.51. The van der Waals surface area contributed by atoms with E-state index in [-0.39, 0.29) is 10.9 Å². The van der Waals surface area contributed by atoms with Crippen LogP contribution in [0, 0.1) is 6.92 Å². The number of carbonyl (C=O) groups excluding carboxylic acids is 1. The van der Waals surface area contributed by atoms with Crippen molar-refractivity contribution >= 4 is 39.4 Å². The van der Waals surface area contributed by atoms with Crippen LogP contribution in [-0.2, 0) is 24.4 Å². The molecule has 0 radical (unpaired) electrons. The van der Waals surface area contributed by atoms with Gasteiger partial charge in [-0.3, -0.25) is 4.79 Å². The highest BCUT2D eigenvalue weighted by Crippen LogP contribution is 2.26. The molecule has 1 aromatic carbocycles. The summed E-state index contributed by atoms with van der Waals surface area (Å²) in [5.74, 6) is 0.0453. The fourth-order valence-electron chi connectivity index (χ4n) is 3.90. The number of nitrogens with zero attached hydrogens (tertiary/aromatic N) is 2. The number of nitrogens with one attached hydrogen (secondary N) is 2. The van der Waals surface area contributed by atoms with Gasteiger partial charge in [-0.2, -0.15) is 4.31 Å². The second kappa shape index (κ2) is 11.5. The van der Waals surface area contributed by atoms with Gasteiger partial charge in [0.2, 0.25) is 10.0 Å². The number of amides is 1. The second-order valence-corrected chi connectivity index (χ2v) is 11.0. The molecule has 3 heterocycles. The molecule has 2 fully saturated rings. The first-order valence-corrected chi connectivity index (χ1v) is 13.4. The molecule has 0 saturated carbocycles. The largest absolute Gasteiger partial charge is 0.365 e. The van der Waals surface area contributed by atoms with Gasteiger partial charge >= 0.3 is 0 Å². The molecule has 0 bridgehead atoms. The molecule has 11 heteroatoms. The number of aromatic nitrogens is 1. The van der Waals surface area contributed by atoms with E-state index in [4.69, 9.17) is 21.2 Å². The number of ether oxygens (including phenoxy) is 1. The molecule has 35 heavy (non-hydrogen) atoms. The van der Waals surface area contributed by atoms with Gasteiger partial charge in [-0.25, -0.2) is 23.7 Å². The number of hydroxylamine groups is 1. The Balaban J connectivity index is 1.30. The molecular weight excluding hydrogens is 492 g/mol.